The van der Waals surface area contributed by atoms with E-state index in [0.717, 1.165) is 19.5 Å². The Bertz CT molecular complexity index is 104. The highest BCUT2D eigenvalue weighted by atomic mass is 35.5. The highest BCUT2D eigenvalue weighted by Gasteiger charge is 2.15. The van der Waals surface area contributed by atoms with Gasteiger partial charge in [0.15, 0.2) is 0 Å². The lowest BCUT2D eigenvalue weighted by molar-refractivity contribution is 0.299. The number of hydrogen-bond acceptors (Lipinski definition) is 2. The van der Waals surface area contributed by atoms with E-state index in [9.17, 15) is 0 Å². The van der Waals surface area contributed by atoms with Crippen LogP contribution in [0.1, 0.15) is 27.2 Å². The van der Waals surface area contributed by atoms with E-state index in [1.54, 1.807) is 0 Å². The zero-order chi connectivity index (χ0) is 8.91. The predicted molar refractivity (Wildman–Crippen MR) is 50.9 cm³/mol. The molecule has 0 aliphatic rings. The summed E-state index contributed by atoms with van der Waals surface area (Å²) >= 11 is 5.55. The molecule has 0 aromatic carbocycles. The van der Waals surface area contributed by atoms with Gasteiger partial charge in [-0.2, -0.15) is 0 Å². The number of nitrogens with zero attached hydrogens (tertiary/aromatic N) is 1. The Labute approximate surface area is 75.0 Å². The van der Waals surface area contributed by atoms with Gasteiger partial charge in [-0.05, 0) is 52.2 Å². The van der Waals surface area contributed by atoms with Crippen molar-refractivity contribution >= 4 is 11.8 Å². The maximum Gasteiger partial charge on any atom is 0.0287 e. The van der Waals surface area contributed by atoms with E-state index in [1.807, 2.05) is 0 Å². The Morgan fingerprint density at radius 1 is 1.45 bits per heavy atom. The third-order valence-electron chi connectivity index (χ3n) is 1.91. The molecule has 0 atom stereocenters. The Hall–Kier alpha value is 0.210. The van der Waals surface area contributed by atoms with Gasteiger partial charge in [0.1, 0.15) is 0 Å². The Morgan fingerprint density at radius 2 is 2.00 bits per heavy atom. The maximum absolute atomic E-state index is 5.55. The zero-order valence-electron chi connectivity index (χ0n) is 7.95. The van der Waals surface area contributed by atoms with E-state index in [0.29, 0.717) is 0 Å². The normalized spacial score (nSPS) is 12.5. The van der Waals surface area contributed by atoms with Crippen LogP contribution in [0.3, 0.4) is 0 Å². The van der Waals surface area contributed by atoms with Gasteiger partial charge in [0.25, 0.3) is 0 Å². The van der Waals surface area contributed by atoms with Crippen molar-refractivity contribution in [3.05, 3.63) is 0 Å². The monoisotopic (exact) mass is 178 g/mol. The molecule has 0 aliphatic heterocycles. The first-order valence-corrected chi connectivity index (χ1v) is 4.46. The summed E-state index contributed by atoms with van der Waals surface area (Å²) in [5, 5.41) is 0. The molecule has 0 spiro atoms. The van der Waals surface area contributed by atoms with Gasteiger partial charge >= 0.3 is 0 Å². The minimum absolute atomic E-state index is 0.0466. The second-order valence-electron chi connectivity index (χ2n) is 3.62. The Kier molecular flexibility index (Phi) is 5.06. The fraction of sp³-hybridized carbons (Fsp3) is 1.00. The molecule has 0 saturated heterocycles. The quantitative estimate of drug-likeness (QED) is 0.647. The van der Waals surface area contributed by atoms with Crippen LogP contribution >= 0.6 is 11.8 Å². The molecule has 0 aromatic heterocycles. The molecule has 0 bridgehead atoms. The van der Waals surface area contributed by atoms with Crippen molar-refractivity contribution in [1.82, 2.24) is 9.74 Å². The zero-order valence-corrected chi connectivity index (χ0v) is 8.70. The lowest BCUT2D eigenvalue weighted by Crippen LogP contribution is -2.36. The molecule has 0 amide bonds. The van der Waals surface area contributed by atoms with E-state index < -0.39 is 0 Å². The first-order chi connectivity index (χ1) is 5.02. The molecular formula is C8H19ClN2. The van der Waals surface area contributed by atoms with Crippen molar-refractivity contribution in [3.63, 3.8) is 0 Å². The van der Waals surface area contributed by atoms with Crippen molar-refractivity contribution in [2.24, 2.45) is 0 Å². The van der Waals surface area contributed by atoms with Crippen LogP contribution in [0.2, 0.25) is 0 Å². The van der Waals surface area contributed by atoms with Crippen LogP contribution in [0.25, 0.3) is 0 Å². The van der Waals surface area contributed by atoms with Crippen molar-refractivity contribution in [2.45, 2.75) is 32.7 Å². The van der Waals surface area contributed by atoms with Crippen LogP contribution in [0.5, 0.6) is 0 Å². The van der Waals surface area contributed by atoms with E-state index in [-0.39, 0.29) is 5.54 Å². The molecule has 0 aliphatic carbocycles. The average Bonchev–Trinajstić information content (AvgIpc) is 2.00. The molecule has 0 rings (SSSR count). The Balaban J connectivity index is 3.52. The predicted octanol–water partition coefficient (Wildman–Crippen LogP) is 1.85. The summed E-state index contributed by atoms with van der Waals surface area (Å²) < 4.78 is 0. The van der Waals surface area contributed by atoms with Gasteiger partial charge in [-0.15, -0.1) is 0 Å². The van der Waals surface area contributed by atoms with Crippen LogP contribution in [0, 0.1) is 0 Å². The first-order valence-electron chi connectivity index (χ1n) is 4.08. The highest BCUT2D eigenvalue weighted by molar-refractivity contribution is 6.13. The van der Waals surface area contributed by atoms with Gasteiger partial charge in [0.2, 0.25) is 0 Å². The van der Waals surface area contributed by atoms with Crippen molar-refractivity contribution in [3.8, 4) is 0 Å². The molecule has 1 N–H and O–H groups in total. The minimum atomic E-state index is 0.0466. The second-order valence-corrected chi connectivity index (χ2v) is 3.81. The van der Waals surface area contributed by atoms with Crippen LogP contribution in [-0.2, 0) is 0 Å². The third-order valence-corrected chi connectivity index (χ3v) is 2.43. The molecule has 0 saturated carbocycles. The lowest BCUT2D eigenvalue weighted by Gasteiger charge is -2.25. The van der Waals surface area contributed by atoms with Crippen molar-refractivity contribution < 1.29 is 0 Å². The average molecular weight is 179 g/mol. The van der Waals surface area contributed by atoms with Gasteiger partial charge < -0.3 is 4.90 Å². The highest BCUT2D eigenvalue weighted by Crippen LogP contribution is 2.09. The third kappa shape index (κ3) is 5.48. The maximum atomic E-state index is 5.55. The first kappa shape index (κ1) is 11.2. The molecule has 68 valence electrons. The van der Waals surface area contributed by atoms with Crippen molar-refractivity contribution in [2.75, 3.05) is 20.1 Å². The van der Waals surface area contributed by atoms with Gasteiger partial charge in [-0.25, -0.2) is 4.84 Å². The molecule has 0 aromatic rings. The smallest absolute Gasteiger partial charge is 0.0287 e. The van der Waals surface area contributed by atoms with Crippen LogP contribution in [-0.4, -0.2) is 30.6 Å². The summed E-state index contributed by atoms with van der Waals surface area (Å²) in [6, 6.07) is 0. The fourth-order valence-corrected chi connectivity index (χ4v) is 0.770. The molecule has 0 fully saturated rings. The van der Waals surface area contributed by atoms with Crippen LogP contribution < -0.4 is 4.84 Å². The van der Waals surface area contributed by atoms with E-state index in [1.165, 1.54) is 0 Å². The summed E-state index contributed by atoms with van der Waals surface area (Å²) in [6.07, 6.45) is 1.07. The molecule has 0 unspecified atom stereocenters. The summed E-state index contributed by atoms with van der Waals surface area (Å²) in [4.78, 5) is 5.04. The standard InChI is InChI=1S/C8H19ClN2/c1-5-11(4)7-6-8(2,3)10-9/h10H,5-7H2,1-4H3. The second kappa shape index (κ2) is 4.96. The Morgan fingerprint density at radius 3 is 2.36 bits per heavy atom. The van der Waals surface area contributed by atoms with Gasteiger partial charge in [-0.3, -0.25) is 0 Å². The van der Waals surface area contributed by atoms with Crippen molar-refractivity contribution in [1.29, 1.82) is 0 Å². The number of nitrogens with one attached hydrogen (secondary N) is 1. The number of hydrogen-bond donors (Lipinski definition) is 1. The largest absolute Gasteiger partial charge is 0.307 e. The summed E-state index contributed by atoms with van der Waals surface area (Å²) in [5.41, 5.74) is 0.0466. The minimum Gasteiger partial charge on any atom is -0.307 e. The van der Waals surface area contributed by atoms with Crippen LogP contribution in [0.15, 0.2) is 0 Å². The van der Waals surface area contributed by atoms with E-state index in [2.05, 4.69) is 37.6 Å². The van der Waals surface area contributed by atoms with Crippen LogP contribution in [0.4, 0.5) is 0 Å². The number of rotatable bonds is 5. The lowest BCUT2D eigenvalue weighted by atomic mass is 10.0. The topological polar surface area (TPSA) is 15.3 Å². The summed E-state index contributed by atoms with van der Waals surface area (Å²) in [5.74, 6) is 0. The molecule has 3 heteroatoms. The molecule has 0 heterocycles. The molecule has 2 nitrogen and oxygen atoms in total. The molecule has 11 heavy (non-hydrogen) atoms. The molecular weight excluding hydrogens is 160 g/mol. The number of halogens is 1. The van der Waals surface area contributed by atoms with Gasteiger partial charge in [-0.1, -0.05) is 6.92 Å². The summed E-state index contributed by atoms with van der Waals surface area (Å²) in [7, 11) is 2.12. The van der Waals surface area contributed by atoms with Gasteiger partial charge in [0.05, 0.1) is 0 Å². The molecule has 0 radical (unpaired) electrons. The summed E-state index contributed by atoms with van der Waals surface area (Å²) in [6.45, 7) is 8.54. The SMILES string of the molecule is CCN(C)CCC(C)(C)NCl. The van der Waals surface area contributed by atoms with E-state index >= 15 is 0 Å². The van der Waals surface area contributed by atoms with E-state index in [4.69, 9.17) is 11.8 Å². The fourth-order valence-electron chi connectivity index (χ4n) is 0.676. The van der Waals surface area contributed by atoms with Gasteiger partial charge in [0, 0.05) is 5.54 Å².